The fourth-order valence-electron chi connectivity index (χ4n) is 2.17. The van der Waals surface area contributed by atoms with Crippen molar-refractivity contribution in [3.63, 3.8) is 0 Å². The lowest BCUT2D eigenvalue weighted by Gasteiger charge is -2.05. The third-order valence-corrected chi connectivity index (χ3v) is 3.36. The summed E-state index contributed by atoms with van der Waals surface area (Å²) >= 11 is 0. The molecule has 0 bridgehead atoms. The maximum absolute atomic E-state index is 11.6. The van der Waals surface area contributed by atoms with E-state index in [1.54, 1.807) is 6.20 Å². The van der Waals surface area contributed by atoms with Gasteiger partial charge in [-0.05, 0) is 17.7 Å². The second kappa shape index (κ2) is 7.84. The Kier molecular flexibility index (Phi) is 5.10. The van der Waals surface area contributed by atoms with Gasteiger partial charge >= 0.3 is 6.09 Å². The van der Waals surface area contributed by atoms with E-state index in [-0.39, 0.29) is 6.61 Å². The minimum absolute atomic E-state index is 0.265. The van der Waals surface area contributed by atoms with E-state index >= 15 is 0 Å². The number of aromatic amines is 1. The van der Waals surface area contributed by atoms with Crippen molar-refractivity contribution < 1.29 is 9.53 Å². The number of amides is 1. The van der Waals surface area contributed by atoms with Gasteiger partial charge in [-0.1, -0.05) is 42.2 Å². The quantitative estimate of drug-likeness (QED) is 0.573. The maximum Gasteiger partial charge on any atom is 0.407 e. The summed E-state index contributed by atoms with van der Waals surface area (Å²) in [5.41, 5.74) is 2.66. The summed E-state index contributed by atoms with van der Waals surface area (Å²) in [5, 5.41) is 3.71. The Hall–Kier alpha value is -3.26. The normalized spacial score (nSPS) is 10.0. The van der Waals surface area contributed by atoms with Gasteiger partial charge in [-0.3, -0.25) is 0 Å². The van der Waals surface area contributed by atoms with E-state index in [4.69, 9.17) is 4.74 Å². The van der Waals surface area contributed by atoms with Gasteiger partial charge in [0, 0.05) is 36.3 Å². The highest BCUT2D eigenvalue weighted by Crippen LogP contribution is 2.10. The molecule has 2 aromatic heterocycles. The zero-order chi connectivity index (χ0) is 16.6. The lowest BCUT2D eigenvalue weighted by atomic mass is 10.2. The molecule has 5 heteroatoms. The zero-order valence-corrected chi connectivity index (χ0v) is 13.1. The molecule has 2 heterocycles. The molecule has 0 radical (unpaired) electrons. The molecule has 3 rings (SSSR count). The van der Waals surface area contributed by atoms with Gasteiger partial charge in [0.15, 0.2) is 0 Å². The first kappa shape index (κ1) is 15.6. The summed E-state index contributed by atoms with van der Waals surface area (Å²) in [5.74, 6) is 6.06. The predicted octanol–water partition coefficient (Wildman–Crippen LogP) is 3.23. The van der Waals surface area contributed by atoms with Crippen molar-refractivity contribution in [2.75, 3.05) is 6.54 Å². The molecule has 1 amide bonds. The number of benzene rings is 1. The third-order valence-electron chi connectivity index (χ3n) is 3.36. The second-order valence-corrected chi connectivity index (χ2v) is 5.18. The minimum Gasteiger partial charge on any atom is -0.445 e. The predicted molar refractivity (Wildman–Crippen MR) is 92.2 cm³/mol. The maximum atomic E-state index is 11.6. The van der Waals surface area contributed by atoms with E-state index in [1.807, 2.05) is 48.7 Å². The number of ether oxygens (including phenoxy) is 1. The Morgan fingerprint density at radius 2 is 2.12 bits per heavy atom. The molecular formula is C19H17N3O2. The Labute approximate surface area is 140 Å². The summed E-state index contributed by atoms with van der Waals surface area (Å²) in [6, 6.07) is 13.5. The summed E-state index contributed by atoms with van der Waals surface area (Å²) in [6.45, 7) is 0.709. The van der Waals surface area contributed by atoms with Crippen molar-refractivity contribution in [2.24, 2.45) is 0 Å². The van der Waals surface area contributed by atoms with Crippen molar-refractivity contribution in [3.8, 4) is 11.8 Å². The van der Waals surface area contributed by atoms with Gasteiger partial charge in [-0.25, -0.2) is 9.78 Å². The van der Waals surface area contributed by atoms with E-state index in [1.165, 1.54) is 0 Å². The largest absolute Gasteiger partial charge is 0.445 e. The fourth-order valence-corrected chi connectivity index (χ4v) is 2.17. The molecule has 0 saturated heterocycles. The number of H-pyrrole nitrogens is 1. The van der Waals surface area contributed by atoms with E-state index in [0.717, 1.165) is 22.2 Å². The average molecular weight is 319 g/mol. The molecule has 0 aliphatic carbocycles. The number of alkyl carbamates (subject to hydrolysis) is 1. The van der Waals surface area contributed by atoms with Crippen LogP contribution in [0.4, 0.5) is 4.79 Å². The molecule has 0 atom stereocenters. The highest BCUT2D eigenvalue weighted by molar-refractivity contribution is 5.76. The van der Waals surface area contributed by atoms with Crippen LogP contribution in [0, 0.1) is 11.8 Å². The average Bonchev–Trinajstić information content (AvgIpc) is 3.08. The number of aromatic nitrogens is 2. The van der Waals surface area contributed by atoms with Crippen LogP contribution >= 0.6 is 0 Å². The molecule has 0 aliphatic rings. The van der Waals surface area contributed by atoms with Crippen LogP contribution in [0.5, 0.6) is 0 Å². The Bertz CT molecular complexity index is 876. The number of carbonyl (C=O) groups is 1. The van der Waals surface area contributed by atoms with Gasteiger partial charge in [0.25, 0.3) is 0 Å². The van der Waals surface area contributed by atoms with Crippen LogP contribution in [-0.2, 0) is 11.3 Å². The number of hydrogen-bond acceptors (Lipinski definition) is 3. The lowest BCUT2D eigenvalue weighted by Crippen LogP contribution is -2.24. The van der Waals surface area contributed by atoms with Gasteiger partial charge in [0.1, 0.15) is 12.3 Å². The molecule has 5 nitrogen and oxygen atoms in total. The third kappa shape index (κ3) is 4.37. The summed E-state index contributed by atoms with van der Waals surface area (Å²) < 4.78 is 5.12. The topological polar surface area (TPSA) is 67.0 Å². The Morgan fingerprint density at radius 3 is 3.00 bits per heavy atom. The van der Waals surface area contributed by atoms with Crippen molar-refractivity contribution >= 4 is 17.1 Å². The molecule has 1 aromatic carbocycles. The van der Waals surface area contributed by atoms with E-state index in [0.29, 0.717) is 13.0 Å². The molecular weight excluding hydrogens is 302 g/mol. The molecule has 120 valence electrons. The monoisotopic (exact) mass is 319 g/mol. The van der Waals surface area contributed by atoms with Crippen molar-refractivity contribution in [1.29, 1.82) is 0 Å². The van der Waals surface area contributed by atoms with Gasteiger partial charge in [-0.15, -0.1) is 0 Å². The first-order valence-electron chi connectivity index (χ1n) is 7.68. The smallest absolute Gasteiger partial charge is 0.407 e. The van der Waals surface area contributed by atoms with Gasteiger partial charge in [0.2, 0.25) is 0 Å². The fraction of sp³-hybridized carbons (Fsp3) is 0.158. The molecule has 0 saturated carbocycles. The van der Waals surface area contributed by atoms with Gasteiger partial charge in [-0.2, -0.15) is 0 Å². The minimum atomic E-state index is -0.434. The van der Waals surface area contributed by atoms with Crippen LogP contribution in [0.2, 0.25) is 0 Å². The van der Waals surface area contributed by atoms with E-state index in [2.05, 4.69) is 27.1 Å². The number of nitrogens with one attached hydrogen (secondary N) is 2. The summed E-state index contributed by atoms with van der Waals surface area (Å²) in [6.07, 6.45) is 3.69. The van der Waals surface area contributed by atoms with Crippen LogP contribution in [0.15, 0.2) is 54.9 Å². The van der Waals surface area contributed by atoms with Crippen LogP contribution in [0.25, 0.3) is 11.0 Å². The molecule has 24 heavy (non-hydrogen) atoms. The van der Waals surface area contributed by atoms with Crippen LogP contribution in [-0.4, -0.2) is 22.6 Å². The number of nitrogens with zero attached hydrogens (tertiary/aromatic N) is 1. The SMILES string of the molecule is O=C(NCCC#Cc1cnc2[nH]ccc2c1)OCc1ccccc1. The summed E-state index contributed by atoms with van der Waals surface area (Å²) in [4.78, 5) is 18.9. The van der Waals surface area contributed by atoms with Crippen molar-refractivity contribution in [3.05, 3.63) is 66.0 Å². The zero-order valence-electron chi connectivity index (χ0n) is 13.1. The van der Waals surface area contributed by atoms with E-state index < -0.39 is 6.09 Å². The van der Waals surface area contributed by atoms with Crippen LogP contribution in [0.1, 0.15) is 17.5 Å². The van der Waals surface area contributed by atoms with Crippen LogP contribution < -0.4 is 5.32 Å². The highest BCUT2D eigenvalue weighted by atomic mass is 16.5. The molecule has 0 unspecified atom stereocenters. The highest BCUT2D eigenvalue weighted by Gasteiger charge is 2.00. The molecule has 0 aliphatic heterocycles. The lowest BCUT2D eigenvalue weighted by molar-refractivity contribution is 0.140. The number of carbonyl (C=O) groups excluding carboxylic acids is 1. The van der Waals surface area contributed by atoms with Gasteiger partial charge in [0.05, 0.1) is 0 Å². The molecule has 0 fully saturated rings. The Balaban J connectivity index is 1.39. The van der Waals surface area contributed by atoms with Crippen molar-refractivity contribution in [1.82, 2.24) is 15.3 Å². The van der Waals surface area contributed by atoms with Crippen LogP contribution in [0.3, 0.4) is 0 Å². The van der Waals surface area contributed by atoms with E-state index in [9.17, 15) is 4.79 Å². The first-order chi connectivity index (χ1) is 11.8. The first-order valence-corrected chi connectivity index (χ1v) is 7.68. The van der Waals surface area contributed by atoms with Gasteiger partial charge < -0.3 is 15.0 Å². The standard InChI is InChI=1S/C19H17N3O2/c23-19(24-14-15-6-2-1-3-7-15)21-10-5-4-8-16-12-17-9-11-20-18(17)22-13-16/h1-3,6-7,9,11-13H,5,10,14H2,(H,20,22)(H,21,23). The number of fused-ring (bicyclic) bond motifs is 1. The Morgan fingerprint density at radius 1 is 1.25 bits per heavy atom. The second-order valence-electron chi connectivity index (χ2n) is 5.18. The summed E-state index contributed by atoms with van der Waals surface area (Å²) in [7, 11) is 0. The molecule has 0 spiro atoms. The molecule has 3 aromatic rings. The number of pyridine rings is 1. The molecule has 2 N–H and O–H groups in total. The number of hydrogen-bond donors (Lipinski definition) is 2. The number of rotatable bonds is 4. The van der Waals surface area contributed by atoms with Crippen molar-refractivity contribution in [2.45, 2.75) is 13.0 Å².